The first-order valence-electron chi connectivity index (χ1n) is 12.4. The first kappa shape index (κ1) is 33.7. The number of carbonyl (C=O) groups excluding carboxylic acids is 1. The standard InChI is InChI=1S/C25H34F6N2O4S/c1-23(35,22(34)33-20-12-11-19(18-32)21(17-20)25(29,30)31)13-7-5-3-2-4-6-9-15-38(36,37)16-10-8-14-24(26,27)28/h11-12,17,35H,2-10,13-16H2,1H3,(H,33,34). The fraction of sp³-hybridized carbons (Fsp3) is 0.680. The molecule has 0 radical (unpaired) electrons. The van der Waals surface area contributed by atoms with Gasteiger partial charge in [-0.1, -0.05) is 38.5 Å². The molecule has 1 aromatic carbocycles. The van der Waals surface area contributed by atoms with Crippen LogP contribution in [0.5, 0.6) is 0 Å². The summed E-state index contributed by atoms with van der Waals surface area (Å²) in [6.07, 6.45) is -5.59. The maximum atomic E-state index is 13.1. The van der Waals surface area contributed by atoms with E-state index < -0.39 is 51.2 Å². The van der Waals surface area contributed by atoms with Crippen LogP contribution in [0.1, 0.15) is 88.7 Å². The van der Waals surface area contributed by atoms with E-state index in [2.05, 4.69) is 5.32 Å². The van der Waals surface area contributed by atoms with E-state index in [9.17, 15) is 44.7 Å². The number of nitrogens with zero attached hydrogens (tertiary/aromatic N) is 1. The molecule has 13 heteroatoms. The summed E-state index contributed by atoms with van der Waals surface area (Å²) in [5, 5.41) is 21.5. The van der Waals surface area contributed by atoms with Gasteiger partial charge in [-0.05, 0) is 50.8 Å². The van der Waals surface area contributed by atoms with Crippen LogP contribution in [-0.2, 0) is 20.8 Å². The van der Waals surface area contributed by atoms with Crippen LogP contribution in [0.4, 0.5) is 32.0 Å². The number of anilines is 1. The molecule has 0 saturated heterocycles. The first-order valence-corrected chi connectivity index (χ1v) is 14.2. The van der Waals surface area contributed by atoms with Gasteiger partial charge in [-0.2, -0.15) is 31.6 Å². The largest absolute Gasteiger partial charge is 0.417 e. The van der Waals surface area contributed by atoms with Crippen LogP contribution in [0, 0.1) is 11.3 Å². The van der Waals surface area contributed by atoms with Gasteiger partial charge in [0.15, 0.2) is 0 Å². The van der Waals surface area contributed by atoms with Gasteiger partial charge in [0.1, 0.15) is 15.4 Å². The first-order chi connectivity index (χ1) is 17.5. The highest BCUT2D eigenvalue weighted by atomic mass is 32.2. The molecule has 0 saturated carbocycles. The van der Waals surface area contributed by atoms with E-state index in [4.69, 9.17) is 5.26 Å². The Bertz CT molecular complexity index is 1050. The molecule has 1 amide bonds. The predicted octanol–water partition coefficient (Wildman–Crippen LogP) is 6.53. The van der Waals surface area contributed by atoms with Crippen LogP contribution >= 0.6 is 0 Å². The van der Waals surface area contributed by atoms with E-state index in [-0.39, 0.29) is 36.5 Å². The minimum Gasteiger partial charge on any atom is -0.380 e. The molecule has 1 rings (SSSR count). The molecule has 0 aromatic heterocycles. The van der Waals surface area contributed by atoms with Gasteiger partial charge in [0, 0.05) is 12.1 Å². The van der Waals surface area contributed by atoms with Crippen LogP contribution in [0.15, 0.2) is 18.2 Å². The summed E-state index contributed by atoms with van der Waals surface area (Å²) in [7, 11) is -3.36. The molecule has 38 heavy (non-hydrogen) atoms. The number of hydrogen-bond donors (Lipinski definition) is 2. The van der Waals surface area contributed by atoms with E-state index in [0.717, 1.165) is 31.4 Å². The van der Waals surface area contributed by atoms with Gasteiger partial charge in [-0.15, -0.1) is 0 Å². The molecule has 1 atom stereocenters. The second kappa shape index (κ2) is 14.7. The molecule has 0 aliphatic carbocycles. The maximum absolute atomic E-state index is 13.1. The molecule has 0 aliphatic rings. The van der Waals surface area contributed by atoms with Crippen molar-refractivity contribution < 1.29 is 44.7 Å². The van der Waals surface area contributed by atoms with Gasteiger partial charge >= 0.3 is 12.4 Å². The quantitative estimate of drug-likeness (QED) is 0.173. The summed E-state index contributed by atoms with van der Waals surface area (Å²) in [6.45, 7) is 1.26. The van der Waals surface area contributed by atoms with Crippen LogP contribution < -0.4 is 5.32 Å². The second-order valence-corrected chi connectivity index (χ2v) is 11.9. The summed E-state index contributed by atoms with van der Waals surface area (Å²) in [6, 6.07) is 4.19. The zero-order chi connectivity index (χ0) is 29.0. The van der Waals surface area contributed by atoms with Crippen LogP contribution in [-0.4, -0.2) is 42.7 Å². The van der Waals surface area contributed by atoms with Crippen molar-refractivity contribution in [3.63, 3.8) is 0 Å². The number of halogens is 6. The molecule has 1 aromatic rings. The van der Waals surface area contributed by atoms with Crippen molar-refractivity contribution in [3.05, 3.63) is 29.3 Å². The number of rotatable bonds is 16. The number of nitrogens with one attached hydrogen (secondary N) is 1. The fourth-order valence-corrected chi connectivity index (χ4v) is 5.25. The predicted molar refractivity (Wildman–Crippen MR) is 131 cm³/mol. The second-order valence-electron chi connectivity index (χ2n) is 9.55. The van der Waals surface area contributed by atoms with Crippen molar-refractivity contribution in [1.82, 2.24) is 0 Å². The summed E-state index contributed by atoms with van der Waals surface area (Å²) in [4.78, 5) is 12.4. The topological polar surface area (TPSA) is 107 Å². The smallest absolute Gasteiger partial charge is 0.380 e. The van der Waals surface area contributed by atoms with Crippen LogP contribution in [0.2, 0.25) is 0 Å². The van der Waals surface area contributed by atoms with Gasteiger partial charge in [0.05, 0.1) is 28.7 Å². The number of alkyl halides is 6. The summed E-state index contributed by atoms with van der Waals surface area (Å²) in [5.74, 6) is -1.17. The van der Waals surface area contributed by atoms with E-state index in [1.165, 1.54) is 13.0 Å². The van der Waals surface area contributed by atoms with Gasteiger partial charge in [-0.25, -0.2) is 8.42 Å². The third-order valence-corrected chi connectivity index (χ3v) is 7.80. The third kappa shape index (κ3) is 13.5. The number of nitriles is 1. The Hall–Kier alpha value is -2.33. The van der Waals surface area contributed by atoms with Crippen molar-refractivity contribution in [3.8, 4) is 6.07 Å². The summed E-state index contributed by atoms with van der Waals surface area (Å²) < 4.78 is 99.3. The monoisotopic (exact) mass is 572 g/mol. The van der Waals surface area contributed by atoms with Crippen LogP contribution in [0.25, 0.3) is 0 Å². The Morgan fingerprint density at radius 2 is 1.39 bits per heavy atom. The van der Waals surface area contributed by atoms with Crippen molar-refractivity contribution >= 4 is 21.4 Å². The van der Waals surface area contributed by atoms with Crippen molar-refractivity contribution in [1.29, 1.82) is 5.26 Å². The number of amides is 1. The Kier molecular flexibility index (Phi) is 13.1. The van der Waals surface area contributed by atoms with Gasteiger partial charge in [0.25, 0.3) is 5.91 Å². The number of sulfone groups is 1. The number of hydrogen-bond acceptors (Lipinski definition) is 5. The molecular formula is C25H34F6N2O4S. The third-order valence-electron chi connectivity index (χ3n) is 5.98. The molecule has 0 aliphatic heterocycles. The zero-order valence-corrected chi connectivity index (χ0v) is 22.0. The maximum Gasteiger partial charge on any atom is 0.417 e. The van der Waals surface area contributed by atoms with Crippen molar-refractivity contribution in [2.75, 3.05) is 16.8 Å². The Labute approximate surface area is 219 Å². The lowest BCUT2D eigenvalue weighted by Gasteiger charge is -2.22. The highest BCUT2D eigenvalue weighted by Gasteiger charge is 2.35. The minimum atomic E-state index is -4.78. The number of benzene rings is 1. The lowest BCUT2D eigenvalue weighted by atomic mass is 9.96. The Morgan fingerprint density at radius 1 is 0.895 bits per heavy atom. The average molecular weight is 573 g/mol. The van der Waals surface area contributed by atoms with E-state index in [1.807, 2.05) is 0 Å². The van der Waals surface area contributed by atoms with Crippen molar-refractivity contribution in [2.45, 2.75) is 95.5 Å². The zero-order valence-electron chi connectivity index (χ0n) is 21.2. The lowest BCUT2D eigenvalue weighted by Crippen LogP contribution is -2.40. The number of aliphatic hydroxyl groups is 1. The van der Waals surface area contributed by atoms with E-state index >= 15 is 0 Å². The molecule has 6 nitrogen and oxygen atoms in total. The van der Waals surface area contributed by atoms with Crippen molar-refractivity contribution in [2.24, 2.45) is 0 Å². The molecule has 1 unspecified atom stereocenters. The Balaban J connectivity index is 2.28. The summed E-state index contributed by atoms with van der Waals surface area (Å²) in [5.41, 5.74) is -3.77. The van der Waals surface area contributed by atoms with Crippen LogP contribution in [0.3, 0.4) is 0 Å². The molecule has 0 spiro atoms. The Morgan fingerprint density at radius 3 is 1.92 bits per heavy atom. The summed E-state index contributed by atoms with van der Waals surface area (Å²) >= 11 is 0. The molecule has 216 valence electrons. The van der Waals surface area contributed by atoms with Gasteiger partial charge < -0.3 is 10.4 Å². The fourth-order valence-electron chi connectivity index (χ4n) is 3.76. The molecule has 2 N–H and O–H groups in total. The average Bonchev–Trinajstić information content (AvgIpc) is 2.79. The normalized spacial score (nSPS) is 14.1. The number of unbranched alkanes of at least 4 members (excludes halogenated alkanes) is 7. The molecule has 0 fully saturated rings. The SMILES string of the molecule is CC(O)(CCCCCCCCCS(=O)(=O)CCCCC(F)(F)F)C(=O)Nc1ccc(C#N)c(C(F)(F)F)c1. The molecule has 0 heterocycles. The number of carbonyl (C=O) groups is 1. The molecule has 0 bridgehead atoms. The van der Waals surface area contributed by atoms with Gasteiger partial charge in [-0.3, -0.25) is 4.79 Å². The highest BCUT2D eigenvalue weighted by molar-refractivity contribution is 7.91. The highest BCUT2D eigenvalue weighted by Crippen LogP contribution is 2.34. The van der Waals surface area contributed by atoms with E-state index in [1.54, 1.807) is 0 Å². The molecular weight excluding hydrogens is 538 g/mol. The lowest BCUT2D eigenvalue weighted by molar-refractivity contribution is -0.138. The minimum absolute atomic E-state index is 0.00822. The van der Waals surface area contributed by atoms with Gasteiger partial charge in [0.2, 0.25) is 0 Å². The van der Waals surface area contributed by atoms with E-state index in [0.29, 0.717) is 31.7 Å².